The Morgan fingerprint density at radius 1 is 1.18 bits per heavy atom. The fraction of sp³-hybridized carbons (Fsp3) is 0.333. The van der Waals surface area contributed by atoms with Crippen LogP contribution >= 0.6 is 11.6 Å². The maximum Gasteiger partial charge on any atom is 0.115 e. The fourth-order valence-electron chi connectivity index (χ4n) is 3.03. The van der Waals surface area contributed by atoms with Crippen molar-refractivity contribution in [2.24, 2.45) is 0 Å². The summed E-state index contributed by atoms with van der Waals surface area (Å²) in [6.45, 7) is 0.499. The van der Waals surface area contributed by atoms with Crippen molar-refractivity contribution in [2.75, 3.05) is 6.54 Å². The van der Waals surface area contributed by atoms with Crippen LogP contribution in [0.25, 0.3) is 0 Å². The van der Waals surface area contributed by atoms with Crippen LogP contribution in [0.15, 0.2) is 42.5 Å². The number of benzene rings is 2. The zero-order chi connectivity index (χ0) is 15.5. The summed E-state index contributed by atoms with van der Waals surface area (Å²) in [6.07, 6.45) is 2.36. The Bertz CT molecular complexity index is 659. The lowest BCUT2D eigenvalue weighted by atomic mass is 9.88. The summed E-state index contributed by atoms with van der Waals surface area (Å²) in [5.41, 5.74) is 3.33. The van der Waals surface area contributed by atoms with Crippen molar-refractivity contribution in [3.8, 4) is 5.75 Å². The van der Waals surface area contributed by atoms with Crippen LogP contribution in [0, 0.1) is 0 Å². The molecule has 1 aliphatic rings. The number of aromatic hydroxyl groups is 1. The monoisotopic (exact) mass is 317 g/mol. The third-order valence-electron chi connectivity index (χ3n) is 4.25. The molecule has 2 aromatic carbocycles. The molecule has 3 nitrogen and oxygen atoms in total. The first-order valence-electron chi connectivity index (χ1n) is 7.59. The number of nitrogens with one attached hydrogen (secondary N) is 1. The molecule has 0 saturated carbocycles. The number of aliphatic hydroxyl groups excluding tert-OH is 1. The van der Waals surface area contributed by atoms with Gasteiger partial charge in [-0.25, -0.2) is 0 Å². The number of aliphatic hydroxyl groups is 1. The Morgan fingerprint density at radius 2 is 2.05 bits per heavy atom. The highest BCUT2D eigenvalue weighted by molar-refractivity contribution is 6.30. The Morgan fingerprint density at radius 3 is 2.86 bits per heavy atom. The molecule has 0 aliphatic heterocycles. The molecule has 0 heterocycles. The van der Waals surface area contributed by atoms with Crippen molar-refractivity contribution in [1.82, 2.24) is 5.32 Å². The lowest BCUT2D eigenvalue weighted by Gasteiger charge is -2.26. The van der Waals surface area contributed by atoms with Crippen LogP contribution in [0.3, 0.4) is 0 Å². The minimum atomic E-state index is -0.565. The van der Waals surface area contributed by atoms with Gasteiger partial charge in [-0.15, -0.1) is 0 Å². The van der Waals surface area contributed by atoms with Gasteiger partial charge in [-0.3, -0.25) is 0 Å². The molecule has 0 bridgehead atoms. The minimum Gasteiger partial charge on any atom is -0.508 e. The van der Waals surface area contributed by atoms with Crippen LogP contribution in [0.2, 0.25) is 5.02 Å². The van der Waals surface area contributed by atoms with Crippen LogP contribution in [-0.4, -0.2) is 22.8 Å². The molecule has 0 fully saturated rings. The molecular weight excluding hydrogens is 298 g/mol. The summed E-state index contributed by atoms with van der Waals surface area (Å²) < 4.78 is 0. The van der Waals surface area contributed by atoms with Gasteiger partial charge in [-0.2, -0.15) is 0 Å². The molecule has 22 heavy (non-hydrogen) atoms. The summed E-state index contributed by atoms with van der Waals surface area (Å²) >= 11 is 5.95. The average Bonchev–Trinajstić information content (AvgIpc) is 2.52. The first-order valence-corrected chi connectivity index (χ1v) is 7.97. The van der Waals surface area contributed by atoms with E-state index in [4.69, 9.17) is 11.6 Å². The van der Waals surface area contributed by atoms with E-state index >= 15 is 0 Å². The zero-order valence-electron chi connectivity index (χ0n) is 12.3. The van der Waals surface area contributed by atoms with Crippen molar-refractivity contribution >= 4 is 11.6 Å². The highest BCUT2D eigenvalue weighted by Gasteiger charge is 2.19. The van der Waals surface area contributed by atoms with E-state index in [1.807, 2.05) is 24.3 Å². The van der Waals surface area contributed by atoms with Gasteiger partial charge in [0.1, 0.15) is 5.75 Å². The number of phenolic OH excluding ortho intramolecular Hbond substituents is 1. The van der Waals surface area contributed by atoms with Crippen LogP contribution in [0.1, 0.15) is 29.2 Å². The molecular formula is C18H20ClNO2. The van der Waals surface area contributed by atoms with Crippen LogP contribution in [-0.2, 0) is 12.8 Å². The summed E-state index contributed by atoms with van der Waals surface area (Å²) in [5, 5.41) is 23.9. The third kappa shape index (κ3) is 3.61. The quantitative estimate of drug-likeness (QED) is 0.811. The third-order valence-corrected chi connectivity index (χ3v) is 4.49. The standard InChI is InChI=1S/C18H20ClNO2/c19-15-3-1-2-13(8-15)18(22)11-20-16-6-4-12-5-7-17(21)10-14(12)9-16/h1-3,5,7-8,10,16,18,20-22H,4,6,9,11H2. The molecule has 0 amide bonds. The van der Waals surface area contributed by atoms with Gasteiger partial charge in [0.05, 0.1) is 6.10 Å². The summed E-state index contributed by atoms with van der Waals surface area (Å²) in [5.74, 6) is 0.318. The Balaban J connectivity index is 1.58. The predicted octanol–water partition coefficient (Wildman–Crippen LogP) is 3.23. The number of halogens is 1. The number of aryl methyl sites for hydroxylation is 1. The minimum absolute atomic E-state index is 0.318. The molecule has 0 saturated heterocycles. The molecule has 2 aromatic rings. The van der Waals surface area contributed by atoms with Gasteiger partial charge in [0.15, 0.2) is 0 Å². The first kappa shape index (κ1) is 15.3. The fourth-order valence-corrected chi connectivity index (χ4v) is 3.23. The van der Waals surface area contributed by atoms with E-state index in [1.165, 1.54) is 11.1 Å². The van der Waals surface area contributed by atoms with E-state index in [1.54, 1.807) is 18.2 Å². The van der Waals surface area contributed by atoms with E-state index in [-0.39, 0.29) is 0 Å². The SMILES string of the molecule is Oc1ccc2c(c1)CC(NCC(O)c1cccc(Cl)c1)CC2. The molecule has 3 N–H and O–H groups in total. The second-order valence-corrected chi connectivity index (χ2v) is 6.31. The zero-order valence-corrected chi connectivity index (χ0v) is 13.1. The predicted molar refractivity (Wildman–Crippen MR) is 88.3 cm³/mol. The smallest absolute Gasteiger partial charge is 0.115 e. The van der Waals surface area contributed by atoms with Crippen molar-refractivity contribution in [3.05, 3.63) is 64.2 Å². The Hall–Kier alpha value is -1.55. The molecule has 2 atom stereocenters. The van der Waals surface area contributed by atoms with Gasteiger partial charge >= 0.3 is 0 Å². The van der Waals surface area contributed by atoms with Crippen molar-refractivity contribution in [1.29, 1.82) is 0 Å². The second kappa shape index (κ2) is 6.69. The average molecular weight is 318 g/mol. The Kier molecular flexibility index (Phi) is 4.67. The lowest BCUT2D eigenvalue weighted by molar-refractivity contribution is 0.168. The van der Waals surface area contributed by atoms with Crippen molar-refractivity contribution < 1.29 is 10.2 Å². The van der Waals surface area contributed by atoms with Crippen molar-refractivity contribution in [3.63, 3.8) is 0 Å². The van der Waals surface area contributed by atoms with Crippen molar-refractivity contribution in [2.45, 2.75) is 31.4 Å². The molecule has 4 heteroatoms. The number of fused-ring (bicyclic) bond motifs is 1. The van der Waals surface area contributed by atoms with E-state index in [0.29, 0.717) is 23.4 Å². The number of hydrogen-bond acceptors (Lipinski definition) is 3. The summed E-state index contributed by atoms with van der Waals surface area (Å²) in [6, 6.07) is 13.2. The highest BCUT2D eigenvalue weighted by atomic mass is 35.5. The molecule has 0 radical (unpaired) electrons. The van der Waals surface area contributed by atoms with Gasteiger partial charge in [0, 0.05) is 17.6 Å². The van der Waals surface area contributed by atoms with Crippen LogP contribution < -0.4 is 5.32 Å². The number of hydrogen-bond donors (Lipinski definition) is 3. The molecule has 0 aromatic heterocycles. The molecule has 1 aliphatic carbocycles. The first-order chi connectivity index (χ1) is 10.6. The van der Waals surface area contributed by atoms with Gasteiger partial charge in [0.25, 0.3) is 0 Å². The summed E-state index contributed by atoms with van der Waals surface area (Å²) in [7, 11) is 0. The van der Waals surface area contributed by atoms with Gasteiger partial charge in [-0.05, 0) is 60.2 Å². The normalized spacial score (nSPS) is 18.7. The van der Waals surface area contributed by atoms with E-state index < -0.39 is 6.10 Å². The maximum atomic E-state index is 10.3. The largest absolute Gasteiger partial charge is 0.508 e. The van der Waals surface area contributed by atoms with Gasteiger partial charge in [-0.1, -0.05) is 29.8 Å². The molecule has 116 valence electrons. The van der Waals surface area contributed by atoms with E-state index in [2.05, 4.69) is 5.32 Å². The molecule has 3 rings (SSSR count). The van der Waals surface area contributed by atoms with Crippen LogP contribution in [0.5, 0.6) is 5.75 Å². The Labute approximate surface area is 135 Å². The summed E-state index contributed by atoms with van der Waals surface area (Å²) in [4.78, 5) is 0. The second-order valence-electron chi connectivity index (χ2n) is 5.87. The molecule has 0 spiro atoms. The lowest BCUT2D eigenvalue weighted by Crippen LogP contribution is -2.37. The van der Waals surface area contributed by atoms with Gasteiger partial charge in [0.2, 0.25) is 0 Å². The van der Waals surface area contributed by atoms with Gasteiger partial charge < -0.3 is 15.5 Å². The number of rotatable bonds is 4. The van der Waals surface area contributed by atoms with Crippen LogP contribution in [0.4, 0.5) is 0 Å². The highest BCUT2D eigenvalue weighted by Crippen LogP contribution is 2.25. The molecule has 2 unspecified atom stereocenters. The number of phenols is 1. The van der Waals surface area contributed by atoms with E-state index in [0.717, 1.165) is 24.8 Å². The maximum absolute atomic E-state index is 10.3. The van der Waals surface area contributed by atoms with E-state index in [9.17, 15) is 10.2 Å². The topological polar surface area (TPSA) is 52.5 Å².